The molecule has 1 N–H and O–H groups in total. The number of carbonyl (C=O) groups is 2. The van der Waals surface area contributed by atoms with Crippen LogP contribution < -0.4 is 10.2 Å². The number of rotatable bonds is 1. The van der Waals surface area contributed by atoms with Crippen LogP contribution in [0.1, 0.15) is 29.2 Å². The number of benzene rings is 2. The first-order chi connectivity index (χ1) is 12.1. The number of nitrogens with zero attached hydrogens (tertiary/aromatic N) is 2. The Hall–Kier alpha value is -2.82. The monoisotopic (exact) mass is 335 g/mol. The van der Waals surface area contributed by atoms with Gasteiger partial charge >= 0.3 is 6.03 Å². The van der Waals surface area contributed by atoms with E-state index < -0.39 is 0 Å². The third-order valence-electron chi connectivity index (χ3n) is 5.13. The Bertz CT molecular complexity index is 833. The quantitative estimate of drug-likeness (QED) is 0.871. The summed E-state index contributed by atoms with van der Waals surface area (Å²) in [6, 6.07) is 15.8. The summed E-state index contributed by atoms with van der Waals surface area (Å²) in [4.78, 5) is 28.5. The fraction of sp³-hybridized carbons (Fsp3) is 0.300. The summed E-state index contributed by atoms with van der Waals surface area (Å²) < 4.78 is 0. The van der Waals surface area contributed by atoms with Crippen molar-refractivity contribution in [3.63, 3.8) is 0 Å². The van der Waals surface area contributed by atoms with Gasteiger partial charge in [-0.3, -0.25) is 4.79 Å². The van der Waals surface area contributed by atoms with Crippen molar-refractivity contribution in [2.45, 2.75) is 25.4 Å². The predicted molar refractivity (Wildman–Crippen MR) is 96.3 cm³/mol. The van der Waals surface area contributed by atoms with Crippen molar-refractivity contribution < 1.29 is 9.59 Å². The Morgan fingerprint density at radius 2 is 1.76 bits per heavy atom. The van der Waals surface area contributed by atoms with Crippen LogP contribution in [0.15, 0.2) is 48.5 Å². The molecular formula is C20H21N3O2. The smallest absolute Gasteiger partial charge is 0.318 e. The van der Waals surface area contributed by atoms with Crippen LogP contribution in [0, 0.1) is 0 Å². The lowest BCUT2D eigenvalue weighted by molar-refractivity contribution is -0.118. The third kappa shape index (κ3) is 2.86. The lowest BCUT2D eigenvalue weighted by Crippen LogP contribution is -2.44. The molecule has 4 rings (SSSR count). The number of aryl methyl sites for hydroxylation is 1. The van der Waals surface area contributed by atoms with Gasteiger partial charge in [-0.2, -0.15) is 0 Å². The molecule has 1 atom stereocenters. The second kappa shape index (κ2) is 6.24. The molecule has 0 bridgehead atoms. The first-order valence-corrected chi connectivity index (χ1v) is 8.61. The van der Waals surface area contributed by atoms with Gasteiger partial charge in [0.05, 0.1) is 12.6 Å². The normalized spacial score (nSPS) is 19.2. The van der Waals surface area contributed by atoms with Gasteiger partial charge in [-0.1, -0.05) is 42.5 Å². The van der Waals surface area contributed by atoms with Crippen LogP contribution in [0.25, 0.3) is 0 Å². The number of hydrogen-bond acceptors (Lipinski definition) is 2. The third-order valence-corrected chi connectivity index (χ3v) is 5.13. The summed E-state index contributed by atoms with van der Waals surface area (Å²) in [5, 5.41) is 3.11. The Morgan fingerprint density at radius 1 is 1.04 bits per heavy atom. The maximum Gasteiger partial charge on any atom is 0.318 e. The van der Waals surface area contributed by atoms with Crippen LogP contribution >= 0.6 is 0 Å². The zero-order valence-corrected chi connectivity index (χ0v) is 14.2. The van der Waals surface area contributed by atoms with Gasteiger partial charge in [-0.15, -0.1) is 0 Å². The molecule has 2 aromatic rings. The number of urea groups is 1. The molecular weight excluding hydrogens is 314 g/mol. The SMILES string of the molecule is CN1C(=O)CN(C(=O)NC2CCc3ccccc32)Cc2ccccc21. The first-order valence-electron chi connectivity index (χ1n) is 8.61. The Kier molecular flexibility index (Phi) is 3.92. The summed E-state index contributed by atoms with van der Waals surface area (Å²) in [6.45, 7) is 0.526. The van der Waals surface area contributed by atoms with Crippen LogP contribution in [0.5, 0.6) is 0 Å². The van der Waals surface area contributed by atoms with E-state index in [4.69, 9.17) is 0 Å². The molecule has 3 amide bonds. The molecule has 0 radical (unpaired) electrons. The number of nitrogens with one attached hydrogen (secondary N) is 1. The molecule has 0 saturated carbocycles. The zero-order chi connectivity index (χ0) is 17.4. The van der Waals surface area contributed by atoms with Crippen molar-refractivity contribution in [3.8, 4) is 0 Å². The van der Waals surface area contributed by atoms with Gasteiger partial charge in [0.25, 0.3) is 0 Å². The number of fused-ring (bicyclic) bond motifs is 2. The second-order valence-corrected chi connectivity index (χ2v) is 6.68. The van der Waals surface area contributed by atoms with Crippen LogP contribution in [-0.4, -0.2) is 30.4 Å². The van der Waals surface area contributed by atoms with E-state index in [9.17, 15) is 9.59 Å². The van der Waals surface area contributed by atoms with Gasteiger partial charge in [0.1, 0.15) is 6.54 Å². The molecule has 5 heteroatoms. The van der Waals surface area contributed by atoms with Crippen molar-refractivity contribution in [2.75, 3.05) is 18.5 Å². The summed E-state index contributed by atoms with van der Waals surface area (Å²) in [5.41, 5.74) is 4.34. The van der Waals surface area contributed by atoms with E-state index in [1.54, 1.807) is 16.8 Å². The number of likely N-dealkylation sites (N-methyl/N-ethyl adjacent to an activating group) is 1. The molecule has 2 aliphatic rings. The molecule has 0 fully saturated rings. The molecule has 1 aliphatic heterocycles. The molecule has 0 spiro atoms. The molecule has 1 aliphatic carbocycles. The minimum atomic E-state index is -0.180. The topological polar surface area (TPSA) is 52.7 Å². The highest BCUT2D eigenvalue weighted by Gasteiger charge is 2.29. The average Bonchev–Trinajstić information content (AvgIpc) is 2.98. The van der Waals surface area contributed by atoms with E-state index >= 15 is 0 Å². The van der Waals surface area contributed by atoms with E-state index in [-0.39, 0.29) is 24.5 Å². The van der Waals surface area contributed by atoms with Crippen molar-refractivity contribution in [2.24, 2.45) is 0 Å². The number of para-hydroxylation sites is 1. The van der Waals surface area contributed by atoms with Gasteiger partial charge in [0.2, 0.25) is 5.91 Å². The van der Waals surface area contributed by atoms with E-state index in [1.165, 1.54) is 11.1 Å². The molecule has 1 unspecified atom stereocenters. The first kappa shape index (κ1) is 15.7. The van der Waals surface area contributed by atoms with Gasteiger partial charge in [0, 0.05) is 12.7 Å². The van der Waals surface area contributed by atoms with Crippen LogP contribution in [0.2, 0.25) is 0 Å². The fourth-order valence-electron chi connectivity index (χ4n) is 3.73. The number of hydrogen-bond donors (Lipinski definition) is 1. The van der Waals surface area contributed by atoms with E-state index in [0.29, 0.717) is 6.54 Å². The lowest BCUT2D eigenvalue weighted by atomic mass is 10.1. The van der Waals surface area contributed by atoms with Crippen LogP contribution in [0.3, 0.4) is 0 Å². The molecule has 25 heavy (non-hydrogen) atoms. The van der Waals surface area contributed by atoms with Crippen molar-refractivity contribution in [3.05, 3.63) is 65.2 Å². The average molecular weight is 335 g/mol. The predicted octanol–water partition coefficient (Wildman–Crippen LogP) is 2.86. The van der Waals surface area contributed by atoms with Crippen LogP contribution in [0.4, 0.5) is 10.5 Å². The van der Waals surface area contributed by atoms with Gasteiger partial charge in [0.15, 0.2) is 0 Å². The molecule has 2 aromatic carbocycles. The van der Waals surface area contributed by atoms with Crippen molar-refractivity contribution >= 4 is 17.6 Å². The fourth-order valence-corrected chi connectivity index (χ4v) is 3.73. The zero-order valence-electron chi connectivity index (χ0n) is 14.2. The Morgan fingerprint density at radius 3 is 2.60 bits per heavy atom. The number of anilines is 1. The minimum absolute atomic E-state index is 0.0232. The summed E-state index contributed by atoms with van der Waals surface area (Å²) >= 11 is 0. The molecule has 128 valence electrons. The highest BCUT2D eigenvalue weighted by atomic mass is 16.2. The second-order valence-electron chi connectivity index (χ2n) is 6.68. The number of carbonyl (C=O) groups excluding carboxylic acids is 2. The van der Waals surface area contributed by atoms with Gasteiger partial charge in [-0.05, 0) is 35.6 Å². The Balaban J connectivity index is 1.54. The Labute approximate surface area is 147 Å². The molecule has 5 nitrogen and oxygen atoms in total. The molecule has 1 heterocycles. The lowest BCUT2D eigenvalue weighted by Gasteiger charge is -2.23. The number of amides is 3. The van der Waals surface area contributed by atoms with E-state index in [1.807, 2.05) is 36.4 Å². The van der Waals surface area contributed by atoms with Crippen molar-refractivity contribution in [1.82, 2.24) is 10.2 Å². The summed E-state index contributed by atoms with van der Waals surface area (Å²) in [5.74, 6) is -0.0769. The van der Waals surface area contributed by atoms with Crippen molar-refractivity contribution in [1.29, 1.82) is 0 Å². The molecule has 0 saturated heterocycles. The standard InChI is InChI=1S/C20H21N3O2/c1-22-18-9-5-3-7-15(18)12-23(13-19(22)24)20(25)21-17-11-10-14-6-2-4-8-16(14)17/h2-9,17H,10-13H2,1H3,(H,21,25). The highest BCUT2D eigenvalue weighted by Crippen LogP contribution is 2.31. The van der Waals surface area contributed by atoms with Crippen LogP contribution in [-0.2, 0) is 17.8 Å². The maximum atomic E-state index is 12.8. The van der Waals surface area contributed by atoms with E-state index in [2.05, 4.69) is 17.4 Å². The van der Waals surface area contributed by atoms with Gasteiger partial charge in [-0.25, -0.2) is 4.79 Å². The van der Waals surface area contributed by atoms with Gasteiger partial charge < -0.3 is 15.1 Å². The maximum absolute atomic E-state index is 12.8. The molecule has 0 aromatic heterocycles. The largest absolute Gasteiger partial charge is 0.331 e. The summed E-state index contributed by atoms with van der Waals surface area (Å²) in [7, 11) is 1.76. The minimum Gasteiger partial charge on any atom is -0.331 e. The summed E-state index contributed by atoms with van der Waals surface area (Å²) in [6.07, 6.45) is 1.88. The highest BCUT2D eigenvalue weighted by molar-refractivity contribution is 5.97. The van der Waals surface area contributed by atoms with E-state index in [0.717, 1.165) is 24.1 Å².